The number of carbonyl (C=O) groups excluding carboxylic acids is 1. The van der Waals surface area contributed by atoms with Crippen LogP contribution in [0.25, 0.3) is 0 Å². The molecule has 0 saturated carbocycles. The van der Waals surface area contributed by atoms with Gasteiger partial charge in [0, 0.05) is 30.4 Å². The summed E-state index contributed by atoms with van der Waals surface area (Å²) >= 11 is 7.41. The van der Waals surface area contributed by atoms with E-state index in [1.54, 1.807) is 17.3 Å². The van der Waals surface area contributed by atoms with E-state index >= 15 is 0 Å². The maximum absolute atomic E-state index is 12.3. The van der Waals surface area contributed by atoms with Gasteiger partial charge in [0.1, 0.15) is 5.69 Å². The fourth-order valence-corrected chi connectivity index (χ4v) is 2.82. The van der Waals surface area contributed by atoms with Gasteiger partial charge >= 0.3 is 0 Å². The minimum absolute atomic E-state index is 0.0931. The van der Waals surface area contributed by atoms with Crippen LogP contribution in [0.15, 0.2) is 29.6 Å². The lowest BCUT2D eigenvalue weighted by molar-refractivity contribution is 0.0780. The van der Waals surface area contributed by atoms with Crippen molar-refractivity contribution in [3.8, 4) is 0 Å². The van der Waals surface area contributed by atoms with Crippen molar-refractivity contribution >= 4 is 28.8 Å². The molecule has 0 bridgehead atoms. The van der Waals surface area contributed by atoms with Gasteiger partial charge < -0.3 is 10.6 Å². The first kappa shape index (κ1) is 15.0. The van der Waals surface area contributed by atoms with Gasteiger partial charge in [-0.2, -0.15) is 0 Å². The van der Waals surface area contributed by atoms with E-state index in [9.17, 15) is 4.79 Å². The maximum Gasteiger partial charge on any atom is 0.273 e. The highest BCUT2D eigenvalue weighted by Crippen LogP contribution is 2.15. The lowest BCUT2D eigenvalue weighted by Crippen LogP contribution is -2.26. The molecule has 1 amide bonds. The highest BCUT2D eigenvalue weighted by atomic mass is 35.5. The van der Waals surface area contributed by atoms with Crippen LogP contribution in [0, 0.1) is 0 Å². The van der Waals surface area contributed by atoms with Crippen molar-refractivity contribution in [3.63, 3.8) is 0 Å². The Morgan fingerprint density at radius 1 is 1.50 bits per heavy atom. The molecule has 4 nitrogen and oxygen atoms in total. The van der Waals surface area contributed by atoms with E-state index < -0.39 is 0 Å². The van der Waals surface area contributed by atoms with Crippen molar-refractivity contribution < 1.29 is 4.79 Å². The summed E-state index contributed by atoms with van der Waals surface area (Å²) in [6.07, 6.45) is 0.704. The van der Waals surface area contributed by atoms with Crippen LogP contribution < -0.4 is 5.73 Å². The molecule has 0 spiro atoms. The average Bonchev–Trinajstić information content (AvgIpc) is 2.87. The molecule has 0 aliphatic heterocycles. The Hall–Kier alpha value is -1.43. The van der Waals surface area contributed by atoms with Crippen LogP contribution >= 0.6 is 22.9 Å². The third-order valence-corrected chi connectivity index (χ3v) is 3.93. The van der Waals surface area contributed by atoms with Crippen molar-refractivity contribution in [1.29, 1.82) is 0 Å². The van der Waals surface area contributed by atoms with Crippen molar-refractivity contribution in [2.45, 2.75) is 13.0 Å². The molecule has 0 radical (unpaired) electrons. The van der Waals surface area contributed by atoms with E-state index in [1.807, 2.05) is 24.3 Å². The Morgan fingerprint density at radius 2 is 2.30 bits per heavy atom. The van der Waals surface area contributed by atoms with Crippen LogP contribution in [0.4, 0.5) is 0 Å². The quantitative estimate of drug-likeness (QED) is 0.923. The molecular weight excluding hydrogens is 294 g/mol. The lowest BCUT2D eigenvalue weighted by Gasteiger charge is -2.16. The van der Waals surface area contributed by atoms with E-state index in [0.717, 1.165) is 10.6 Å². The molecule has 2 N–H and O–H groups in total. The first-order valence-corrected chi connectivity index (χ1v) is 7.50. The number of amides is 1. The number of thiazole rings is 1. The van der Waals surface area contributed by atoms with Crippen LogP contribution in [0.1, 0.15) is 21.1 Å². The summed E-state index contributed by atoms with van der Waals surface area (Å²) in [4.78, 5) is 18.2. The van der Waals surface area contributed by atoms with Gasteiger partial charge in [-0.05, 0) is 24.2 Å². The monoisotopic (exact) mass is 309 g/mol. The fourth-order valence-electron chi connectivity index (χ4n) is 1.82. The van der Waals surface area contributed by atoms with Gasteiger partial charge in [0.05, 0.1) is 5.01 Å². The van der Waals surface area contributed by atoms with Gasteiger partial charge in [0.15, 0.2) is 0 Å². The summed E-state index contributed by atoms with van der Waals surface area (Å²) in [6, 6.07) is 7.48. The summed E-state index contributed by atoms with van der Waals surface area (Å²) in [5.41, 5.74) is 6.95. The number of nitrogens with zero attached hydrogens (tertiary/aromatic N) is 2. The van der Waals surface area contributed by atoms with Gasteiger partial charge in [0.2, 0.25) is 0 Å². The van der Waals surface area contributed by atoms with Crippen LogP contribution in [0.5, 0.6) is 0 Å². The van der Waals surface area contributed by atoms with Crippen molar-refractivity contribution in [2.24, 2.45) is 5.73 Å². The van der Waals surface area contributed by atoms with Gasteiger partial charge in [-0.25, -0.2) is 4.98 Å². The zero-order valence-electron chi connectivity index (χ0n) is 11.2. The molecule has 20 heavy (non-hydrogen) atoms. The van der Waals surface area contributed by atoms with Gasteiger partial charge in [-0.3, -0.25) is 4.79 Å². The molecule has 0 aliphatic carbocycles. The Kier molecular flexibility index (Phi) is 5.11. The molecule has 1 heterocycles. The summed E-state index contributed by atoms with van der Waals surface area (Å²) in [6.45, 7) is 1.04. The number of hydrogen-bond donors (Lipinski definition) is 1. The molecular formula is C14H16ClN3OS. The van der Waals surface area contributed by atoms with Gasteiger partial charge in [-0.1, -0.05) is 23.7 Å². The molecule has 2 aromatic rings. The summed E-state index contributed by atoms with van der Waals surface area (Å²) < 4.78 is 0. The zero-order valence-corrected chi connectivity index (χ0v) is 12.7. The Labute approximate surface area is 127 Å². The second-order valence-corrected chi connectivity index (χ2v) is 5.84. The minimum Gasteiger partial charge on any atom is -0.336 e. The average molecular weight is 310 g/mol. The van der Waals surface area contributed by atoms with E-state index in [2.05, 4.69) is 4.98 Å². The molecule has 0 atom stereocenters. The largest absolute Gasteiger partial charge is 0.336 e. The lowest BCUT2D eigenvalue weighted by atomic mass is 10.2. The van der Waals surface area contributed by atoms with Crippen molar-refractivity contribution in [1.82, 2.24) is 9.88 Å². The van der Waals surface area contributed by atoms with Crippen LogP contribution in [0.2, 0.25) is 5.02 Å². The Morgan fingerprint density at radius 3 is 3.00 bits per heavy atom. The molecule has 0 saturated heterocycles. The number of rotatable bonds is 5. The second kappa shape index (κ2) is 6.83. The number of aromatic nitrogens is 1. The molecule has 106 valence electrons. The van der Waals surface area contributed by atoms with Crippen LogP contribution in [-0.4, -0.2) is 29.4 Å². The first-order valence-electron chi connectivity index (χ1n) is 6.24. The molecule has 0 aliphatic rings. The second-order valence-electron chi connectivity index (χ2n) is 4.46. The molecule has 0 fully saturated rings. The predicted molar refractivity (Wildman–Crippen MR) is 82.1 cm³/mol. The highest BCUT2D eigenvalue weighted by molar-refractivity contribution is 7.09. The van der Waals surface area contributed by atoms with E-state index in [4.69, 9.17) is 17.3 Å². The van der Waals surface area contributed by atoms with Gasteiger partial charge in [-0.15, -0.1) is 11.3 Å². The Balaban J connectivity index is 2.04. The zero-order chi connectivity index (χ0) is 14.5. The molecule has 1 aromatic carbocycles. The van der Waals surface area contributed by atoms with Crippen molar-refractivity contribution in [2.75, 3.05) is 13.6 Å². The number of halogens is 1. The molecule has 1 aromatic heterocycles. The highest BCUT2D eigenvalue weighted by Gasteiger charge is 2.15. The van der Waals surface area contributed by atoms with Gasteiger partial charge in [0.25, 0.3) is 5.91 Å². The normalized spacial score (nSPS) is 10.6. The van der Waals surface area contributed by atoms with E-state index in [1.165, 1.54) is 11.3 Å². The number of benzene rings is 1. The fraction of sp³-hybridized carbons (Fsp3) is 0.286. The minimum atomic E-state index is -0.0931. The van der Waals surface area contributed by atoms with E-state index in [-0.39, 0.29) is 5.91 Å². The van der Waals surface area contributed by atoms with Crippen molar-refractivity contribution in [3.05, 3.63) is 50.9 Å². The maximum atomic E-state index is 12.3. The standard InChI is InChI=1S/C14H16ClN3OS/c1-18(8-10-3-2-4-11(15)7-10)14(19)12-9-20-13(17-12)5-6-16/h2-4,7,9H,5-6,8,16H2,1H3. The Bertz CT molecular complexity index is 600. The molecule has 2 rings (SSSR count). The topological polar surface area (TPSA) is 59.2 Å². The third-order valence-electron chi connectivity index (χ3n) is 2.78. The summed E-state index contributed by atoms with van der Waals surface area (Å²) in [5.74, 6) is -0.0931. The summed E-state index contributed by atoms with van der Waals surface area (Å²) in [5, 5.41) is 3.34. The van der Waals surface area contributed by atoms with Crippen LogP contribution in [0.3, 0.4) is 0 Å². The number of carbonyl (C=O) groups is 1. The van der Waals surface area contributed by atoms with Crippen LogP contribution in [-0.2, 0) is 13.0 Å². The first-order chi connectivity index (χ1) is 9.60. The number of hydrogen-bond acceptors (Lipinski definition) is 4. The molecule has 6 heteroatoms. The number of nitrogens with two attached hydrogens (primary N) is 1. The molecule has 0 unspecified atom stereocenters. The third kappa shape index (κ3) is 3.79. The smallest absolute Gasteiger partial charge is 0.273 e. The SMILES string of the molecule is CN(Cc1cccc(Cl)c1)C(=O)c1csc(CCN)n1. The van der Waals surface area contributed by atoms with E-state index in [0.29, 0.717) is 30.2 Å². The summed E-state index contributed by atoms with van der Waals surface area (Å²) in [7, 11) is 1.76. The predicted octanol–water partition coefficient (Wildman–Crippen LogP) is 2.57.